The van der Waals surface area contributed by atoms with Crippen LogP contribution in [-0.4, -0.2) is 43.8 Å². The summed E-state index contributed by atoms with van der Waals surface area (Å²) in [4.78, 5) is 42.8. The fraction of sp³-hybridized carbons (Fsp3) is 0.222. The van der Waals surface area contributed by atoms with Crippen LogP contribution in [-0.2, 0) is 31.9 Å². The van der Waals surface area contributed by atoms with Crippen molar-refractivity contribution >= 4 is 47.1 Å². The lowest BCUT2D eigenvalue weighted by molar-refractivity contribution is -0.141. The molecule has 236 valence electrons. The molecule has 0 amide bonds. The fourth-order valence-corrected chi connectivity index (χ4v) is 4.06. The number of benzene rings is 4. The van der Waals surface area contributed by atoms with Crippen LogP contribution < -0.4 is 4.74 Å². The lowest BCUT2D eigenvalue weighted by atomic mass is 10.1. The van der Waals surface area contributed by atoms with Crippen molar-refractivity contribution in [3.05, 3.63) is 122 Å². The summed E-state index contributed by atoms with van der Waals surface area (Å²) in [6.45, 7) is 3.79. The van der Waals surface area contributed by atoms with E-state index >= 15 is 0 Å². The molecule has 0 fully saturated rings. The van der Waals surface area contributed by atoms with Gasteiger partial charge in [-0.25, -0.2) is 0 Å². The summed E-state index contributed by atoms with van der Waals surface area (Å²) >= 11 is 2.20. The van der Waals surface area contributed by atoms with Crippen LogP contribution in [0.15, 0.2) is 84.9 Å². The first kappa shape index (κ1) is 36.7. The standard InChI is InChI=1S/C18H18O4.C11H14O3.C7H5IO/c1-13-3-4-14(7-10-18(20)21-2)11-17(13)22-16-8-5-15(12-19)6-9-16;1-8-3-4-9(7-10(8)12)5-6-11(13)14-2;8-7-3-1-6(5-9)2-4-7/h3-6,8-9,11-12H,7,10H2,1-2H3;3-4,7,12H,5-6H2,1-2H3;1-5H. The van der Waals surface area contributed by atoms with Gasteiger partial charge < -0.3 is 19.3 Å². The number of esters is 2. The molecule has 0 aliphatic carbocycles. The average Bonchev–Trinajstić information content (AvgIpc) is 3.06. The summed E-state index contributed by atoms with van der Waals surface area (Å²) in [5.74, 6) is 1.21. The van der Waals surface area contributed by atoms with Crippen LogP contribution in [0, 0.1) is 17.4 Å². The summed E-state index contributed by atoms with van der Waals surface area (Å²) in [5, 5.41) is 9.41. The number of rotatable bonds is 10. The molecule has 0 saturated carbocycles. The number of aromatic hydroxyl groups is 1. The van der Waals surface area contributed by atoms with Gasteiger partial charge in [0.2, 0.25) is 0 Å². The van der Waals surface area contributed by atoms with Crippen molar-refractivity contribution in [1.82, 2.24) is 0 Å². The molecule has 9 heteroatoms. The molecule has 0 bridgehead atoms. The number of phenols is 1. The van der Waals surface area contributed by atoms with Gasteiger partial charge in [0.05, 0.1) is 14.2 Å². The van der Waals surface area contributed by atoms with Crippen LogP contribution in [0.3, 0.4) is 0 Å². The topological polar surface area (TPSA) is 116 Å². The van der Waals surface area contributed by atoms with Crippen LogP contribution in [0.25, 0.3) is 0 Å². The minimum absolute atomic E-state index is 0.229. The Bertz CT molecular complexity index is 1550. The number of ether oxygens (including phenoxy) is 3. The van der Waals surface area contributed by atoms with Crippen LogP contribution in [0.5, 0.6) is 17.2 Å². The number of aldehydes is 2. The largest absolute Gasteiger partial charge is 0.508 e. The quantitative estimate of drug-likeness (QED) is 0.101. The van der Waals surface area contributed by atoms with E-state index in [1.807, 2.05) is 56.3 Å². The van der Waals surface area contributed by atoms with E-state index in [0.29, 0.717) is 37.0 Å². The Morgan fingerprint density at radius 3 is 1.62 bits per heavy atom. The number of hydrogen-bond acceptors (Lipinski definition) is 8. The molecule has 4 aromatic rings. The van der Waals surface area contributed by atoms with Crippen molar-refractivity contribution in [1.29, 1.82) is 0 Å². The Hall–Kier alpha value is -4.51. The van der Waals surface area contributed by atoms with E-state index in [1.165, 1.54) is 14.2 Å². The summed E-state index contributed by atoms with van der Waals surface area (Å²) in [6.07, 6.45) is 3.53. The van der Waals surface area contributed by atoms with Gasteiger partial charge in [0.15, 0.2) is 0 Å². The second-order valence-electron chi connectivity index (χ2n) is 9.83. The summed E-state index contributed by atoms with van der Waals surface area (Å²) in [5.41, 5.74) is 5.13. The molecule has 1 N–H and O–H groups in total. The second-order valence-corrected chi connectivity index (χ2v) is 11.1. The van der Waals surface area contributed by atoms with Crippen molar-refractivity contribution in [3.63, 3.8) is 0 Å². The third kappa shape index (κ3) is 13.8. The highest BCUT2D eigenvalue weighted by molar-refractivity contribution is 14.1. The second kappa shape index (κ2) is 19.7. The van der Waals surface area contributed by atoms with E-state index in [0.717, 1.165) is 49.7 Å². The van der Waals surface area contributed by atoms with Gasteiger partial charge in [0.1, 0.15) is 29.8 Å². The summed E-state index contributed by atoms with van der Waals surface area (Å²) in [7, 11) is 2.75. The average molecular weight is 725 g/mol. The van der Waals surface area contributed by atoms with E-state index in [1.54, 1.807) is 42.5 Å². The maximum absolute atomic E-state index is 11.2. The van der Waals surface area contributed by atoms with Crippen LogP contribution in [0.4, 0.5) is 0 Å². The first-order chi connectivity index (χ1) is 21.6. The minimum atomic E-state index is -0.231. The molecule has 0 radical (unpaired) electrons. The molecule has 0 aromatic heterocycles. The maximum Gasteiger partial charge on any atom is 0.305 e. The predicted octanol–water partition coefficient (Wildman–Crippen LogP) is 7.62. The van der Waals surface area contributed by atoms with Crippen molar-refractivity contribution in [2.75, 3.05) is 14.2 Å². The monoisotopic (exact) mass is 724 g/mol. The van der Waals surface area contributed by atoms with Crippen molar-refractivity contribution in [3.8, 4) is 17.2 Å². The van der Waals surface area contributed by atoms with Gasteiger partial charge >= 0.3 is 11.9 Å². The third-order valence-electron chi connectivity index (χ3n) is 6.47. The maximum atomic E-state index is 11.2. The normalized spacial score (nSPS) is 9.80. The Kier molecular flexibility index (Phi) is 16.1. The molecule has 4 aromatic carbocycles. The van der Waals surface area contributed by atoms with E-state index in [-0.39, 0.29) is 17.7 Å². The van der Waals surface area contributed by atoms with E-state index in [9.17, 15) is 24.3 Å². The Labute approximate surface area is 277 Å². The lowest BCUT2D eigenvalue weighted by Crippen LogP contribution is -2.02. The lowest BCUT2D eigenvalue weighted by Gasteiger charge is -2.11. The van der Waals surface area contributed by atoms with Gasteiger partial charge in [0, 0.05) is 27.5 Å². The van der Waals surface area contributed by atoms with Gasteiger partial charge in [-0.15, -0.1) is 0 Å². The molecule has 0 saturated heterocycles. The number of aryl methyl sites for hydroxylation is 4. The molecular weight excluding hydrogens is 687 g/mol. The van der Waals surface area contributed by atoms with E-state index < -0.39 is 0 Å². The number of carbonyl (C=O) groups excluding carboxylic acids is 4. The van der Waals surface area contributed by atoms with Crippen LogP contribution in [0.1, 0.15) is 55.8 Å². The molecule has 45 heavy (non-hydrogen) atoms. The minimum Gasteiger partial charge on any atom is -0.508 e. The highest BCUT2D eigenvalue weighted by Crippen LogP contribution is 2.27. The van der Waals surface area contributed by atoms with Gasteiger partial charge in [-0.2, -0.15) is 0 Å². The molecular formula is C36H37IO8. The summed E-state index contributed by atoms with van der Waals surface area (Å²) < 4.78 is 16.2. The van der Waals surface area contributed by atoms with E-state index in [4.69, 9.17) is 4.74 Å². The smallest absolute Gasteiger partial charge is 0.305 e. The molecule has 0 spiro atoms. The van der Waals surface area contributed by atoms with E-state index in [2.05, 4.69) is 32.1 Å². The van der Waals surface area contributed by atoms with Crippen LogP contribution in [0.2, 0.25) is 0 Å². The zero-order chi connectivity index (χ0) is 33.2. The van der Waals surface area contributed by atoms with Gasteiger partial charge in [-0.05, 0) is 120 Å². The predicted molar refractivity (Wildman–Crippen MR) is 181 cm³/mol. The molecule has 8 nitrogen and oxygen atoms in total. The third-order valence-corrected chi connectivity index (χ3v) is 7.19. The molecule has 0 aliphatic heterocycles. The number of phenolic OH excluding ortho intramolecular Hbond substituents is 1. The van der Waals surface area contributed by atoms with Crippen molar-refractivity contribution < 1.29 is 38.5 Å². The number of carbonyl (C=O) groups is 4. The van der Waals surface area contributed by atoms with Gasteiger partial charge in [0.25, 0.3) is 0 Å². The van der Waals surface area contributed by atoms with Crippen molar-refractivity contribution in [2.24, 2.45) is 0 Å². The number of methoxy groups -OCH3 is 2. The molecule has 0 heterocycles. The first-order valence-corrected chi connectivity index (χ1v) is 15.1. The van der Waals surface area contributed by atoms with Gasteiger partial charge in [-0.3, -0.25) is 19.2 Å². The number of hydrogen-bond donors (Lipinski definition) is 1. The zero-order valence-corrected chi connectivity index (χ0v) is 27.9. The molecule has 0 aliphatic rings. The highest BCUT2D eigenvalue weighted by atomic mass is 127. The zero-order valence-electron chi connectivity index (χ0n) is 25.7. The van der Waals surface area contributed by atoms with Crippen molar-refractivity contribution in [2.45, 2.75) is 39.5 Å². The molecule has 0 unspecified atom stereocenters. The van der Waals surface area contributed by atoms with Crippen LogP contribution >= 0.6 is 22.6 Å². The Morgan fingerprint density at radius 2 is 1.16 bits per heavy atom. The molecule has 4 rings (SSSR count). The number of halogens is 1. The first-order valence-electron chi connectivity index (χ1n) is 14.0. The van der Waals surface area contributed by atoms with Gasteiger partial charge in [-0.1, -0.05) is 36.4 Å². The summed E-state index contributed by atoms with van der Waals surface area (Å²) in [6, 6.07) is 25.6. The fourth-order valence-electron chi connectivity index (χ4n) is 3.70. The highest BCUT2D eigenvalue weighted by Gasteiger charge is 2.07. The Morgan fingerprint density at radius 1 is 0.689 bits per heavy atom. The Balaban J connectivity index is 0.000000261. The SMILES string of the molecule is COC(=O)CCc1ccc(C)c(O)c1.COC(=O)CCc1ccc(C)c(Oc2ccc(C=O)cc2)c1.O=Cc1ccc(I)cc1. The molecule has 0 atom stereocenters.